The molecule has 1 fully saturated rings. The summed E-state index contributed by atoms with van der Waals surface area (Å²) >= 11 is 0. The van der Waals surface area contributed by atoms with Gasteiger partial charge in [-0.15, -0.1) is 0 Å². The molecule has 0 atom stereocenters. The number of piperazine rings is 1. The van der Waals surface area contributed by atoms with Gasteiger partial charge >= 0.3 is 0 Å². The third-order valence-electron chi connectivity index (χ3n) is 4.76. The second-order valence-electron chi connectivity index (χ2n) is 6.51. The van der Waals surface area contributed by atoms with Crippen LogP contribution in [0.15, 0.2) is 48.5 Å². The molecule has 1 N–H and O–H groups in total. The molecule has 4 rings (SSSR count). The van der Waals surface area contributed by atoms with Crippen molar-refractivity contribution in [3.8, 4) is 0 Å². The number of nitrogens with zero attached hydrogens (tertiary/aromatic N) is 2. The van der Waals surface area contributed by atoms with E-state index in [1.54, 1.807) is 21.9 Å². The molecule has 2 aromatic carbocycles. The van der Waals surface area contributed by atoms with Crippen LogP contribution in [0.5, 0.6) is 0 Å². The second kappa shape index (κ2) is 6.83. The third kappa shape index (κ3) is 3.40. The van der Waals surface area contributed by atoms with Crippen LogP contribution in [-0.2, 0) is 0 Å². The van der Waals surface area contributed by atoms with Crippen molar-refractivity contribution >= 4 is 22.7 Å². The number of rotatable bonds is 2. The maximum atomic E-state index is 13.3. The SMILES string of the molecule is O=C(c1ccc(F)cc1)N1CCN(C(=O)c2cc3cc(F)ccc3[nH]2)CC1. The van der Waals surface area contributed by atoms with Crippen LogP contribution in [0.3, 0.4) is 0 Å². The first-order valence-corrected chi connectivity index (χ1v) is 8.64. The molecule has 0 saturated carbocycles. The van der Waals surface area contributed by atoms with Crippen LogP contribution in [0.2, 0.25) is 0 Å². The topological polar surface area (TPSA) is 56.4 Å². The second-order valence-corrected chi connectivity index (χ2v) is 6.51. The zero-order chi connectivity index (χ0) is 19.0. The van der Waals surface area contributed by atoms with Crippen LogP contribution >= 0.6 is 0 Å². The predicted molar refractivity (Wildman–Crippen MR) is 96.5 cm³/mol. The molecule has 27 heavy (non-hydrogen) atoms. The van der Waals surface area contributed by atoms with Gasteiger partial charge < -0.3 is 14.8 Å². The number of carbonyl (C=O) groups excluding carboxylic acids is 2. The Labute approximate surface area is 154 Å². The summed E-state index contributed by atoms with van der Waals surface area (Å²) in [7, 11) is 0. The maximum absolute atomic E-state index is 13.3. The Balaban J connectivity index is 1.42. The fraction of sp³-hybridized carbons (Fsp3) is 0.200. The van der Waals surface area contributed by atoms with Gasteiger partial charge in [0.2, 0.25) is 0 Å². The number of nitrogens with one attached hydrogen (secondary N) is 1. The van der Waals surface area contributed by atoms with E-state index in [-0.39, 0.29) is 23.4 Å². The number of amides is 2. The number of aromatic nitrogens is 1. The maximum Gasteiger partial charge on any atom is 0.270 e. The minimum atomic E-state index is -0.389. The van der Waals surface area contributed by atoms with Crippen molar-refractivity contribution in [3.05, 3.63) is 71.4 Å². The molecule has 0 spiro atoms. The van der Waals surface area contributed by atoms with Gasteiger partial charge in [-0.2, -0.15) is 0 Å². The first-order valence-electron chi connectivity index (χ1n) is 8.64. The average Bonchev–Trinajstić information content (AvgIpc) is 3.11. The molecule has 1 aromatic heterocycles. The van der Waals surface area contributed by atoms with Crippen LogP contribution in [0.25, 0.3) is 10.9 Å². The van der Waals surface area contributed by atoms with Gasteiger partial charge in [0.05, 0.1) is 0 Å². The van der Waals surface area contributed by atoms with Crippen molar-refractivity contribution in [2.24, 2.45) is 0 Å². The van der Waals surface area contributed by atoms with Gasteiger partial charge in [0.25, 0.3) is 11.8 Å². The van der Waals surface area contributed by atoms with Gasteiger partial charge in [-0.25, -0.2) is 8.78 Å². The van der Waals surface area contributed by atoms with Gasteiger partial charge in [0.15, 0.2) is 0 Å². The lowest BCUT2D eigenvalue weighted by atomic mass is 10.1. The average molecular weight is 369 g/mol. The first-order chi connectivity index (χ1) is 13.0. The summed E-state index contributed by atoms with van der Waals surface area (Å²) in [5, 5.41) is 0.642. The summed E-state index contributed by atoms with van der Waals surface area (Å²) in [4.78, 5) is 31.5. The number of fused-ring (bicyclic) bond motifs is 1. The Morgan fingerprint density at radius 3 is 2.04 bits per heavy atom. The monoisotopic (exact) mass is 369 g/mol. The largest absolute Gasteiger partial charge is 0.351 e. The first kappa shape index (κ1) is 17.2. The molecule has 3 aromatic rings. The number of aromatic amines is 1. The molecule has 1 saturated heterocycles. The van der Waals surface area contributed by atoms with Crippen LogP contribution in [0.1, 0.15) is 20.8 Å². The smallest absolute Gasteiger partial charge is 0.270 e. The Morgan fingerprint density at radius 2 is 1.37 bits per heavy atom. The van der Waals surface area contributed by atoms with Crippen LogP contribution in [0, 0.1) is 11.6 Å². The molecule has 0 radical (unpaired) electrons. The molecular formula is C20H17F2N3O2. The molecule has 138 valence electrons. The van der Waals surface area contributed by atoms with Gasteiger partial charge in [-0.1, -0.05) is 0 Å². The fourth-order valence-corrected chi connectivity index (χ4v) is 3.28. The fourth-order valence-electron chi connectivity index (χ4n) is 3.28. The quantitative estimate of drug-likeness (QED) is 0.755. The van der Waals surface area contributed by atoms with Gasteiger partial charge in [0.1, 0.15) is 17.3 Å². The third-order valence-corrected chi connectivity index (χ3v) is 4.76. The summed E-state index contributed by atoms with van der Waals surface area (Å²) in [6.45, 7) is 1.60. The van der Waals surface area contributed by atoms with Crippen molar-refractivity contribution in [2.45, 2.75) is 0 Å². The van der Waals surface area contributed by atoms with Crippen LogP contribution in [-0.4, -0.2) is 52.8 Å². The van der Waals surface area contributed by atoms with E-state index in [0.29, 0.717) is 48.3 Å². The Bertz CT molecular complexity index is 1010. The predicted octanol–water partition coefficient (Wildman–Crippen LogP) is 3.04. The van der Waals surface area contributed by atoms with E-state index in [2.05, 4.69) is 4.98 Å². The standard InChI is InChI=1S/C20H17F2N3O2/c21-15-3-1-13(2-4-15)19(26)24-7-9-25(10-8-24)20(27)18-12-14-11-16(22)5-6-17(14)23-18/h1-6,11-12,23H,7-10H2. The van der Waals surface area contributed by atoms with Crippen LogP contribution in [0.4, 0.5) is 8.78 Å². The lowest BCUT2D eigenvalue weighted by molar-refractivity contribution is 0.0533. The van der Waals surface area contributed by atoms with E-state index in [1.807, 2.05) is 0 Å². The molecule has 1 aliphatic rings. The summed E-state index contributed by atoms with van der Waals surface area (Å²) in [6.07, 6.45) is 0. The zero-order valence-electron chi connectivity index (χ0n) is 14.4. The van der Waals surface area contributed by atoms with Gasteiger partial charge in [-0.05, 0) is 48.5 Å². The zero-order valence-corrected chi connectivity index (χ0v) is 14.4. The highest BCUT2D eigenvalue weighted by Gasteiger charge is 2.26. The number of halogens is 2. The highest BCUT2D eigenvalue weighted by molar-refractivity contribution is 5.98. The molecule has 5 nitrogen and oxygen atoms in total. The van der Waals surface area contributed by atoms with E-state index in [9.17, 15) is 18.4 Å². The van der Waals surface area contributed by atoms with E-state index in [0.717, 1.165) is 0 Å². The lowest BCUT2D eigenvalue weighted by Crippen LogP contribution is -2.50. The number of hydrogen-bond donors (Lipinski definition) is 1. The molecule has 1 aliphatic heterocycles. The molecule has 0 aliphatic carbocycles. The summed E-state index contributed by atoms with van der Waals surface area (Å²) < 4.78 is 26.3. The molecule has 2 amide bonds. The van der Waals surface area contributed by atoms with Crippen LogP contribution < -0.4 is 0 Å². The number of H-pyrrole nitrogens is 1. The van der Waals surface area contributed by atoms with E-state index in [1.165, 1.54) is 36.4 Å². The highest BCUT2D eigenvalue weighted by atomic mass is 19.1. The van der Waals surface area contributed by atoms with Crippen molar-refractivity contribution in [1.29, 1.82) is 0 Å². The number of carbonyl (C=O) groups is 2. The Morgan fingerprint density at radius 1 is 0.778 bits per heavy atom. The van der Waals surface area contributed by atoms with E-state index < -0.39 is 0 Å². The molecule has 7 heteroatoms. The molecule has 0 unspecified atom stereocenters. The highest BCUT2D eigenvalue weighted by Crippen LogP contribution is 2.19. The van der Waals surface area contributed by atoms with Crippen molar-refractivity contribution in [2.75, 3.05) is 26.2 Å². The molecular weight excluding hydrogens is 352 g/mol. The molecule has 0 bridgehead atoms. The normalized spacial score (nSPS) is 14.6. The van der Waals surface area contributed by atoms with Crippen molar-refractivity contribution in [1.82, 2.24) is 14.8 Å². The van der Waals surface area contributed by atoms with Crippen molar-refractivity contribution < 1.29 is 18.4 Å². The number of benzene rings is 2. The molecule has 2 heterocycles. The Kier molecular flexibility index (Phi) is 4.35. The minimum absolute atomic E-state index is 0.178. The van der Waals surface area contributed by atoms with E-state index >= 15 is 0 Å². The van der Waals surface area contributed by atoms with Crippen molar-refractivity contribution in [3.63, 3.8) is 0 Å². The number of hydrogen-bond acceptors (Lipinski definition) is 2. The minimum Gasteiger partial charge on any atom is -0.351 e. The van der Waals surface area contributed by atoms with Gasteiger partial charge in [-0.3, -0.25) is 9.59 Å². The Hall–Kier alpha value is -3.22. The van der Waals surface area contributed by atoms with E-state index in [4.69, 9.17) is 0 Å². The summed E-state index contributed by atoms with van der Waals surface area (Å²) in [5.41, 5.74) is 1.52. The summed E-state index contributed by atoms with van der Waals surface area (Å²) in [6, 6.07) is 11.4. The summed E-state index contributed by atoms with van der Waals surface area (Å²) in [5.74, 6) is -1.10. The van der Waals surface area contributed by atoms with Gasteiger partial charge in [0, 0.05) is 42.6 Å². The lowest BCUT2D eigenvalue weighted by Gasteiger charge is -2.34.